The van der Waals surface area contributed by atoms with Crippen LogP contribution in [0.25, 0.3) is 0 Å². The summed E-state index contributed by atoms with van der Waals surface area (Å²) in [5, 5.41) is 0. The third kappa shape index (κ3) is 5.63. The van der Waals surface area contributed by atoms with Crippen LogP contribution >= 0.6 is 0 Å². The van der Waals surface area contributed by atoms with E-state index in [4.69, 9.17) is 20.9 Å². The zero-order valence-electron chi connectivity index (χ0n) is 12.8. The first kappa shape index (κ1) is 16.7. The van der Waals surface area contributed by atoms with Crippen molar-refractivity contribution in [1.82, 2.24) is 4.90 Å². The summed E-state index contributed by atoms with van der Waals surface area (Å²) in [4.78, 5) is 13.3. The summed E-state index contributed by atoms with van der Waals surface area (Å²) >= 11 is 0. The molecular weight excluding hydrogens is 282 g/mol. The number of hydrogen-bond acceptors (Lipinski definition) is 5. The minimum absolute atomic E-state index is 0.298. The molecule has 1 aliphatic heterocycles. The van der Waals surface area contributed by atoms with Crippen molar-refractivity contribution < 1.29 is 14.3 Å². The van der Waals surface area contributed by atoms with E-state index in [-0.39, 0.29) is 6.10 Å². The number of amides is 1. The Hall–Kier alpha value is -1.63. The van der Waals surface area contributed by atoms with Gasteiger partial charge >= 0.3 is 6.09 Å². The molecular formula is C16H25N3O3. The van der Waals surface area contributed by atoms with E-state index in [9.17, 15) is 4.79 Å². The summed E-state index contributed by atoms with van der Waals surface area (Å²) in [6.45, 7) is 4.06. The first-order valence-corrected chi connectivity index (χ1v) is 7.72. The minimum atomic E-state index is -0.764. The Kier molecular flexibility index (Phi) is 6.64. The maximum absolute atomic E-state index is 11.0. The molecule has 1 aromatic carbocycles. The van der Waals surface area contributed by atoms with Crippen molar-refractivity contribution in [3.8, 4) is 0 Å². The van der Waals surface area contributed by atoms with Gasteiger partial charge in [-0.05, 0) is 18.5 Å². The van der Waals surface area contributed by atoms with Gasteiger partial charge in [-0.15, -0.1) is 0 Å². The Morgan fingerprint density at radius 2 is 2.09 bits per heavy atom. The smallest absolute Gasteiger partial charge is 0.405 e. The molecule has 1 amide bonds. The van der Waals surface area contributed by atoms with Crippen molar-refractivity contribution in [2.75, 3.05) is 32.8 Å². The van der Waals surface area contributed by atoms with Gasteiger partial charge in [0.25, 0.3) is 0 Å². The lowest BCUT2D eigenvalue weighted by Crippen LogP contribution is -2.29. The third-order valence-electron chi connectivity index (χ3n) is 3.81. The monoisotopic (exact) mass is 307 g/mol. The number of carbonyl (C=O) groups is 1. The molecule has 122 valence electrons. The highest BCUT2D eigenvalue weighted by atomic mass is 16.6. The first-order valence-electron chi connectivity index (χ1n) is 7.72. The van der Waals surface area contributed by atoms with E-state index < -0.39 is 6.09 Å². The number of primary amides is 1. The highest BCUT2D eigenvalue weighted by Gasteiger charge is 2.18. The summed E-state index contributed by atoms with van der Waals surface area (Å²) in [7, 11) is 0. The SMILES string of the molecule is NC(=O)O[C@@H](CCOCCN1CCC(N)C1)c1ccccc1. The van der Waals surface area contributed by atoms with Crippen molar-refractivity contribution in [2.24, 2.45) is 11.5 Å². The van der Waals surface area contributed by atoms with Crippen molar-refractivity contribution >= 4 is 6.09 Å². The van der Waals surface area contributed by atoms with Gasteiger partial charge in [-0.2, -0.15) is 0 Å². The second kappa shape index (κ2) is 8.73. The van der Waals surface area contributed by atoms with Crippen LogP contribution in [0.2, 0.25) is 0 Å². The summed E-state index contributed by atoms with van der Waals surface area (Å²) in [5.41, 5.74) is 11.9. The van der Waals surface area contributed by atoms with Gasteiger partial charge in [0.1, 0.15) is 6.10 Å². The van der Waals surface area contributed by atoms with Gasteiger partial charge in [0.15, 0.2) is 0 Å². The Balaban J connectivity index is 1.69. The van der Waals surface area contributed by atoms with Crippen molar-refractivity contribution in [3.05, 3.63) is 35.9 Å². The molecule has 0 saturated carbocycles. The predicted molar refractivity (Wildman–Crippen MR) is 84.3 cm³/mol. The number of benzene rings is 1. The van der Waals surface area contributed by atoms with Crippen LogP contribution in [-0.4, -0.2) is 49.9 Å². The maximum Gasteiger partial charge on any atom is 0.405 e. The summed E-state index contributed by atoms with van der Waals surface area (Å²) in [6.07, 6.45) is 0.522. The van der Waals surface area contributed by atoms with Crippen LogP contribution < -0.4 is 11.5 Å². The normalized spacial score (nSPS) is 20.0. The van der Waals surface area contributed by atoms with E-state index in [1.165, 1.54) is 0 Å². The average Bonchev–Trinajstić information content (AvgIpc) is 2.92. The molecule has 1 unspecified atom stereocenters. The quantitative estimate of drug-likeness (QED) is 0.706. The van der Waals surface area contributed by atoms with E-state index in [0.717, 1.165) is 31.6 Å². The Morgan fingerprint density at radius 3 is 2.73 bits per heavy atom. The molecule has 22 heavy (non-hydrogen) atoms. The molecule has 0 spiro atoms. The van der Waals surface area contributed by atoms with E-state index in [1.54, 1.807) is 0 Å². The van der Waals surface area contributed by atoms with Crippen molar-refractivity contribution in [1.29, 1.82) is 0 Å². The number of ether oxygens (including phenoxy) is 2. The average molecular weight is 307 g/mol. The summed E-state index contributed by atoms with van der Waals surface area (Å²) in [6, 6.07) is 9.86. The molecule has 0 aliphatic carbocycles. The molecule has 2 rings (SSSR count). The number of carbonyl (C=O) groups excluding carboxylic acids is 1. The molecule has 0 aromatic heterocycles. The fraction of sp³-hybridized carbons (Fsp3) is 0.562. The van der Waals surface area contributed by atoms with Crippen molar-refractivity contribution in [2.45, 2.75) is 25.0 Å². The van der Waals surface area contributed by atoms with E-state index in [2.05, 4.69) is 4.90 Å². The predicted octanol–water partition coefficient (Wildman–Crippen LogP) is 1.26. The Bertz CT molecular complexity index is 455. The zero-order valence-corrected chi connectivity index (χ0v) is 12.8. The van der Waals surface area contributed by atoms with Crippen LogP contribution in [-0.2, 0) is 9.47 Å². The number of nitrogens with two attached hydrogens (primary N) is 2. The van der Waals surface area contributed by atoms with Gasteiger partial charge in [0, 0.05) is 25.6 Å². The van der Waals surface area contributed by atoms with Gasteiger partial charge in [0.05, 0.1) is 13.2 Å². The standard InChI is InChI=1S/C16H25N3O3/c17-14-6-8-19(12-14)9-11-21-10-7-15(22-16(18)20)13-4-2-1-3-5-13/h1-5,14-15H,6-12,17H2,(H2,18,20)/t14?,15-/m0/s1. The molecule has 0 radical (unpaired) electrons. The van der Waals surface area contributed by atoms with Crippen LogP contribution in [0, 0.1) is 0 Å². The van der Waals surface area contributed by atoms with E-state index in [0.29, 0.717) is 25.7 Å². The summed E-state index contributed by atoms with van der Waals surface area (Å²) < 4.78 is 10.8. The highest BCUT2D eigenvalue weighted by Crippen LogP contribution is 2.20. The van der Waals surface area contributed by atoms with Crippen LogP contribution in [0.5, 0.6) is 0 Å². The largest absolute Gasteiger partial charge is 0.441 e. The summed E-state index contributed by atoms with van der Waals surface area (Å²) in [5.74, 6) is 0. The molecule has 4 N–H and O–H groups in total. The third-order valence-corrected chi connectivity index (χ3v) is 3.81. The molecule has 1 fully saturated rings. The Morgan fingerprint density at radius 1 is 1.32 bits per heavy atom. The van der Waals surface area contributed by atoms with Gasteiger partial charge < -0.3 is 20.9 Å². The van der Waals surface area contributed by atoms with Crippen LogP contribution in [0.15, 0.2) is 30.3 Å². The second-order valence-electron chi connectivity index (χ2n) is 5.59. The number of hydrogen-bond donors (Lipinski definition) is 2. The zero-order chi connectivity index (χ0) is 15.8. The van der Waals surface area contributed by atoms with Gasteiger partial charge in [-0.3, -0.25) is 4.90 Å². The van der Waals surface area contributed by atoms with E-state index >= 15 is 0 Å². The molecule has 1 saturated heterocycles. The van der Waals surface area contributed by atoms with Gasteiger partial charge in [0.2, 0.25) is 0 Å². The molecule has 1 aliphatic rings. The Labute approximate surface area is 131 Å². The second-order valence-corrected chi connectivity index (χ2v) is 5.59. The van der Waals surface area contributed by atoms with E-state index in [1.807, 2.05) is 30.3 Å². The molecule has 1 aromatic rings. The number of likely N-dealkylation sites (tertiary alicyclic amines) is 1. The fourth-order valence-corrected chi connectivity index (χ4v) is 2.65. The van der Waals surface area contributed by atoms with Crippen LogP contribution in [0.4, 0.5) is 4.79 Å². The van der Waals surface area contributed by atoms with Gasteiger partial charge in [-0.25, -0.2) is 4.79 Å². The molecule has 6 nitrogen and oxygen atoms in total. The number of nitrogens with zero attached hydrogens (tertiary/aromatic N) is 1. The first-order chi connectivity index (χ1) is 10.6. The fourth-order valence-electron chi connectivity index (χ4n) is 2.65. The lowest BCUT2D eigenvalue weighted by molar-refractivity contribution is 0.0565. The van der Waals surface area contributed by atoms with Crippen LogP contribution in [0.3, 0.4) is 0 Å². The maximum atomic E-state index is 11.0. The van der Waals surface area contributed by atoms with Gasteiger partial charge in [-0.1, -0.05) is 30.3 Å². The van der Waals surface area contributed by atoms with Crippen LogP contribution in [0.1, 0.15) is 24.5 Å². The lowest BCUT2D eigenvalue weighted by atomic mass is 10.1. The minimum Gasteiger partial charge on any atom is -0.441 e. The topological polar surface area (TPSA) is 90.8 Å². The number of rotatable bonds is 8. The lowest BCUT2D eigenvalue weighted by Gasteiger charge is -2.18. The molecule has 1 heterocycles. The molecule has 2 atom stereocenters. The van der Waals surface area contributed by atoms with Crippen molar-refractivity contribution in [3.63, 3.8) is 0 Å². The molecule has 0 bridgehead atoms. The highest BCUT2D eigenvalue weighted by molar-refractivity contribution is 5.65. The molecule has 6 heteroatoms.